The van der Waals surface area contributed by atoms with Crippen molar-refractivity contribution in [2.24, 2.45) is 0 Å². The average Bonchev–Trinajstić information content (AvgIpc) is 3.39. The fourth-order valence-corrected chi connectivity index (χ4v) is 5.45. The highest BCUT2D eigenvalue weighted by Gasteiger charge is 2.36. The third-order valence-electron chi connectivity index (χ3n) is 4.74. The van der Waals surface area contributed by atoms with E-state index in [0.29, 0.717) is 30.7 Å². The molecule has 1 atom stereocenters. The van der Waals surface area contributed by atoms with Crippen LogP contribution in [0.25, 0.3) is 11.5 Å². The number of hydrogen-bond donors (Lipinski definition) is 0. The van der Waals surface area contributed by atoms with Gasteiger partial charge in [0, 0.05) is 24.0 Å². The van der Waals surface area contributed by atoms with Crippen molar-refractivity contribution in [3.8, 4) is 11.5 Å². The zero-order valence-electron chi connectivity index (χ0n) is 15.0. The summed E-state index contributed by atoms with van der Waals surface area (Å²) in [6, 6.07) is 5.63. The first kappa shape index (κ1) is 20.0. The number of halogens is 3. The van der Waals surface area contributed by atoms with Crippen LogP contribution >= 0.6 is 11.3 Å². The van der Waals surface area contributed by atoms with Gasteiger partial charge in [0.15, 0.2) is 0 Å². The highest BCUT2D eigenvalue weighted by atomic mass is 32.2. The first-order valence-corrected chi connectivity index (χ1v) is 11.2. The molecule has 29 heavy (non-hydrogen) atoms. The van der Waals surface area contributed by atoms with Gasteiger partial charge in [-0.15, -0.1) is 10.2 Å². The molecule has 2 aromatic heterocycles. The van der Waals surface area contributed by atoms with Crippen molar-refractivity contribution < 1.29 is 26.0 Å². The molecule has 3 heterocycles. The standard InChI is InChI=1S/C18H16F3N3O3S2/c19-18(20,21)14-4-1-5-15(9-14)29(25,26)24-7-2-3-12(10-24)16-22-23-17(27-16)13-6-8-28-11-13/h1,4-6,8-9,11-12H,2-3,7,10H2/t12-/m0/s1. The maximum Gasteiger partial charge on any atom is 0.416 e. The SMILES string of the molecule is O=S(=O)(c1cccc(C(F)(F)F)c1)N1CCC[C@H](c2nnc(-c3ccsc3)o2)C1. The highest BCUT2D eigenvalue weighted by Crippen LogP contribution is 2.34. The number of aromatic nitrogens is 2. The molecule has 0 N–H and O–H groups in total. The fourth-order valence-electron chi connectivity index (χ4n) is 3.25. The van der Waals surface area contributed by atoms with Gasteiger partial charge in [-0.3, -0.25) is 0 Å². The van der Waals surface area contributed by atoms with Gasteiger partial charge < -0.3 is 4.42 Å². The van der Waals surface area contributed by atoms with E-state index in [-0.39, 0.29) is 23.9 Å². The normalized spacial score (nSPS) is 18.8. The lowest BCUT2D eigenvalue weighted by atomic mass is 10.00. The molecular formula is C18H16F3N3O3S2. The molecule has 1 fully saturated rings. The maximum absolute atomic E-state index is 13.0. The Morgan fingerprint density at radius 1 is 1.21 bits per heavy atom. The first-order valence-electron chi connectivity index (χ1n) is 8.78. The molecule has 4 rings (SSSR count). The summed E-state index contributed by atoms with van der Waals surface area (Å²) in [5, 5.41) is 11.8. The van der Waals surface area contributed by atoms with Crippen LogP contribution in [0.2, 0.25) is 0 Å². The number of benzene rings is 1. The number of sulfonamides is 1. The number of thiophene rings is 1. The fraction of sp³-hybridized carbons (Fsp3) is 0.333. The van der Waals surface area contributed by atoms with Crippen LogP contribution < -0.4 is 0 Å². The second-order valence-corrected chi connectivity index (χ2v) is 9.40. The minimum absolute atomic E-state index is 0.0733. The summed E-state index contributed by atoms with van der Waals surface area (Å²) in [7, 11) is -4.08. The summed E-state index contributed by atoms with van der Waals surface area (Å²) in [5.74, 6) is 0.374. The van der Waals surface area contributed by atoms with Crippen molar-refractivity contribution in [3.63, 3.8) is 0 Å². The van der Waals surface area contributed by atoms with E-state index in [2.05, 4.69) is 10.2 Å². The molecule has 1 aromatic carbocycles. The van der Waals surface area contributed by atoms with E-state index in [9.17, 15) is 21.6 Å². The molecule has 1 aliphatic rings. The van der Waals surface area contributed by atoms with Crippen LogP contribution in [0.5, 0.6) is 0 Å². The van der Waals surface area contributed by atoms with Crippen LogP contribution in [0, 0.1) is 0 Å². The monoisotopic (exact) mass is 443 g/mol. The number of hydrogen-bond acceptors (Lipinski definition) is 6. The maximum atomic E-state index is 13.0. The van der Waals surface area contributed by atoms with E-state index in [1.165, 1.54) is 21.7 Å². The predicted molar refractivity (Wildman–Crippen MR) is 99.8 cm³/mol. The molecule has 6 nitrogen and oxygen atoms in total. The Bertz CT molecular complexity index is 1100. The Hall–Kier alpha value is -2.24. The van der Waals surface area contributed by atoms with Crippen LogP contribution in [-0.4, -0.2) is 36.0 Å². The molecular weight excluding hydrogens is 427 g/mol. The van der Waals surface area contributed by atoms with Gasteiger partial charge in [0.1, 0.15) is 0 Å². The highest BCUT2D eigenvalue weighted by molar-refractivity contribution is 7.89. The number of nitrogens with zero attached hydrogens (tertiary/aromatic N) is 3. The molecule has 0 amide bonds. The summed E-state index contributed by atoms with van der Waals surface area (Å²) in [6.45, 7) is 0.296. The lowest BCUT2D eigenvalue weighted by Gasteiger charge is -2.30. The Kier molecular flexibility index (Phi) is 5.21. The Morgan fingerprint density at radius 3 is 2.76 bits per heavy atom. The zero-order valence-corrected chi connectivity index (χ0v) is 16.6. The van der Waals surface area contributed by atoms with Crippen molar-refractivity contribution >= 4 is 21.4 Å². The quantitative estimate of drug-likeness (QED) is 0.598. The van der Waals surface area contributed by atoms with Gasteiger partial charge in [-0.05, 0) is 42.5 Å². The van der Waals surface area contributed by atoms with Gasteiger partial charge in [-0.2, -0.15) is 28.8 Å². The van der Waals surface area contributed by atoms with E-state index < -0.39 is 21.8 Å². The number of rotatable bonds is 4. The van der Waals surface area contributed by atoms with Crippen LogP contribution in [0.4, 0.5) is 13.2 Å². The zero-order chi connectivity index (χ0) is 20.6. The molecule has 0 unspecified atom stereocenters. The molecule has 0 aliphatic carbocycles. The molecule has 3 aromatic rings. The molecule has 154 valence electrons. The third-order valence-corrected chi connectivity index (χ3v) is 7.29. The second kappa shape index (κ2) is 7.54. The van der Waals surface area contributed by atoms with Crippen LogP contribution in [-0.2, 0) is 16.2 Å². The Labute approximate surface area is 169 Å². The van der Waals surface area contributed by atoms with Crippen LogP contribution in [0.3, 0.4) is 0 Å². The van der Waals surface area contributed by atoms with E-state index >= 15 is 0 Å². The van der Waals surface area contributed by atoms with Gasteiger partial charge in [-0.25, -0.2) is 8.42 Å². The van der Waals surface area contributed by atoms with E-state index in [1.807, 2.05) is 16.8 Å². The minimum Gasteiger partial charge on any atom is -0.420 e. The Balaban J connectivity index is 1.57. The molecule has 0 spiro atoms. The topological polar surface area (TPSA) is 76.3 Å². The molecule has 1 aliphatic heterocycles. The number of piperidine rings is 1. The van der Waals surface area contributed by atoms with Crippen molar-refractivity contribution in [2.75, 3.05) is 13.1 Å². The molecule has 0 radical (unpaired) electrons. The molecule has 0 saturated carbocycles. The summed E-state index contributed by atoms with van der Waals surface area (Å²) in [6.07, 6.45) is -3.42. The van der Waals surface area contributed by atoms with E-state index in [4.69, 9.17) is 4.42 Å². The van der Waals surface area contributed by atoms with Gasteiger partial charge in [-0.1, -0.05) is 6.07 Å². The lowest BCUT2D eigenvalue weighted by Crippen LogP contribution is -2.39. The smallest absolute Gasteiger partial charge is 0.416 e. The first-order chi connectivity index (χ1) is 13.7. The van der Waals surface area contributed by atoms with Crippen LogP contribution in [0.15, 0.2) is 50.4 Å². The van der Waals surface area contributed by atoms with Crippen molar-refractivity contribution in [1.82, 2.24) is 14.5 Å². The summed E-state index contributed by atoms with van der Waals surface area (Å²) < 4.78 is 71.7. The van der Waals surface area contributed by atoms with Gasteiger partial charge in [0.05, 0.1) is 16.4 Å². The second-order valence-electron chi connectivity index (χ2n) is 6.69. The van der Waals surface area contributed by atoms with Crippen molar-refractivity contribution in [3.05, 3.63) is 52.5 Å². The van der Waals surface area contributed by atoms with Crippen LogP contribution in [0.1, 0.15) is 30.2 Å². The number of alkyl halides is 3. The summed E-state index contributed by atoms with van der Waals surface area (Å²) in [5.41, 5.74) is -0.206. The molecule has 11 heteroatoms. The van der Waals surface area contributed by atoms with Gasteiger partial charge in [0.2, 0.25) is 21.8 Å². The Morgan fingerprint density at radius 2 is 2.03 bits per heavy atom. The van der Waals surface area contributed by atoms with E-state index in [1.54, 1.807) is 0 Å². The predicted octanol–water partition coefficient (Wildman–Crippen LogP) is 4.39. The molecule has 0 bridgehead atoms. The van der Waals surface area contributed by atoms with Gasteiger partial charge in [0.25, 0.3) is 0 Å². The van der Waals surface area contributed by atoms with Crippen molar-refractivity contribution in [1.29, 1.82) is 0 Å². The van der Waals surface area contributed by atoms with Gasteiger partial charge >= 0.3 is 6.18 Å². The largest absolute Gasteiger partial charge is 0.420 e. The van der Waals surface area contributed by atoms with E-state index in [0.717, 1.165) is 17.7 Å². The summed E-state index contributed by atoms with van der Waals surface area (Å²) in [4.78, 5) is -0.377. The van der Waals surface area contributed by atoms with Crippen molar-refractivity contribution in [2.45, 2.75) is 29.8 Å². The third kappa shape index (κ3) is 4.07. The lowest BCUT2D eigenvalue weighted by molar-refractivity contribution is -0.137. The minimum atomic E-state index is -4.61. The molecule has 1 saturated heterocycles. The average molecular weight is 443 g/mol. The summed E-state index contributed by atoms with van der Waals surface area (Å²) >= 11 is 1.49.